The lowest BCUT2D eigenvalue weighted by Gasteiger charge is -2.37. The largest absolute Gasteiger partial charge is 0.477 e. The Morgan fingerprint density at radius 1 is 0.912 bits per heavy atom. The molecule has 2 heterocycles. The van der Waals surface area contributed by atoms with E-state index in [-0.39, 0.29) is 36.4 Å². The number of carbonyl (C=O) groups excluding carboxylic acids is 2. The van der Waals surface area contributed by atoms with Crippen LogP contribution in [-0.2, 0) is 19.6 Å². The number of nitrogens with two attached hydrogens (primary N) is 1. The van der Waals surface area contributed by atoms with Crippen LogP contribution in [0.1, 0.15) is 12.8 Å². The van der Waals surface area contributed by atoms with Crippen LogP contribution in [0.5, 0.6) is 5.75 Å². The number of rotatable bonds is 4. The summed E-state index contributed by atoms with van der Waals surface area (Å²) in [6.45, 7) is 0.536. The third-order valence-electron chi connectivity index (χ3n) is 6.52. The normalized spacial score (nSPS) is 19.4. The van der Waals surface area contributed by atoms with Gasteiger partial charge in [-0.3, -0.25) is 9.59 Å². The Hall–Kier alpha value is -3.43. The molecule has 3 aromatic rings. The van der Waals surface area contributed by atoms with Gasteiger partial charge >= 0.3 is 0 Å². The van der Waals surface area contributed by atoms with Crippen LogP contribution in [0.15, 0.2) is 71.6 Å². The summed E-state index contributed by atoms with van der Waals surface area (Å²) < 4.78 is 33.6. The minimum absolute atomic E-state index is 0.0424. The second-order valence-electron chi connectivity index (χ2n) is 8.61. The number of para-hydroxylation sites is 2. The van der Waals surface area contributed by atoms with Crippen LogP contribution in [0.25, 0.3) is 10.8 Å². The van der Waals surface area contributed by atoms with Crippen molar-refractivity contribution in [2.75, 3.05) is 24.5 Å². The molecular weight excluding hydrogens is 454 g/mol. The van der Waals surface area contributed by atoms with E-state index in [0.29, 0.717) is 24.3 Å². The summed E-state index contributed by atoms with van der Waals surface area (Å²) in [5.74, 6) is -0.710. The van der Waals surface area contributed by atoms with E-state index >= 15 is 0 Å². The fourth-order valence-electron chi connectivity index (χ4n) is 4.63. The lowest BCUT2D eigenvalue weighted by atomic mass is 9.95. The summed E-state index contributed by atoms with van der Waals surface area (Å²) in [5, 5.41) is 1.84. The molecule has 2 N–H and O–H groups in total. The van der Waals surface area contributed by atoms with Crippen molar-refractivity contribution in [3.05, 3.63) is 66.7 Å². The highest BCUT2D eigenvalue weighted by molar-refractivity contribution is 7.89. The molecule has 34 heavy (non-hydrogen) atoms. The van der Waals surface area contributed by atoms with Crippen molar-refractivity contribution in [3.8, 4) is 5.75 Å². The first-order valence-corrected chi connectivity index (χ1v) is 12.6. The molecule has 2 amide bonds. The van der Waals surface area contributed by atoms with E-state index in [0.717, 1.165) is 10.8 Å². The number of hydrogen-bond donors (Lipinski definition) is 1. The number of ether oxygens (including phenoxy) is 1. The smallest absolute Gasteiger partial charge is 0.260 e. The van der Waals surface area contributed by atoms with Crippen molar-refractivity contribution in [2.45, 2.75) is 23.8 Å². The topological polar surface area (TPSA) is 110 Å². The van der Waals surface area contributed by atoms with Crippen LogP contribution in [0.2, 0.25) is 0 Å². The first-order valence-electron chi connectivity index (χ1n) is 11.2. The Bertz CT molecular complexity index is 1370. The third-order valence-corrected chi connectivity index (χ3v) is 8.41. The molecule has 1 atom stereocenters. The number of benzene rings is 3. The van der Waals surface area contributed by atoms with Gasteiger partial charge in [-0.15, -0.1) is 0 Å². The lowest BCUT2D eigenvalue weighted by Crippen LogP contribution is -2.52. The Morgan fingerprint density at radius 3 is 2.32 bits per heavy atom. The summed E-state index contributed by atoms with van der Waals surface area (Å²) >= 11 is 0. The molecule has 0 unspecified atom stereocenters. The molecule has 0 radical (unpaired) electrons. The highest BCUT2D eigenvalue weighted by Crippen LogP contribution is 2.35. The molecule has 2 aliphatic heterocycles. The molecule has 1 saturated heterocycles. The molecule has 9 heteroatoms. The van der Waals surface area contributed by atoms with Crippen LogP contribution in [0.4, 0.5) is 5.69 Å². The predicted molar refractivity (Wildman–Crippen MR) is 128 cm³/mol. The molecule has 2 aliphatic rings. The van der Waals surface area contributed by atoms with Gasteiger partial charge in [0.2, 0.25) is 15.9 Å². The van der Waals surface area contributed by atoms with Crippen LogP contribution in [-0.4, -0.2) is 50.3 Å². The average molecular weight is 480 g/mol. The van der Waals surface area contributed by atoms with Crippen molar-refractivity contribution in [3.63, 3.8) is 0 Å². The second kappa shape index (κ2) is 8.73. The van der Waals surface area contributed by atoms with Gasteiger partial charge in [-0.2, -0.15) is 4.31 Å². The zero-order valence-electron chi connectivity index (χ0n) is 18.5. The average Bonchev–Trinajstić information content (AvgIpc) is 2.87. The minimum Gasteiger partial charge on any atom is -0.477 e. The van der Waals surface area contributed by atoms with Gasteiger partial charge in [-0.1, -0.05) is 42.5 Å². The number of nitrogens with zero attached hydrogens (tertiary/aromatic N) is 2. The summed E-state index contributed by atoms with van der Waals surface area (Å²) in [7, 11) is -3.67. The van der Waals surface area contributed by atoms with Crippen molar-refractivity contribution >= 4 is 38.3 Å². The molecule has 0 spiro atoms. The van der Waals surface area contributed by atoms with E-state index in [1.54, 1.807) is 41.3 Å². The zero-order valence-corrected chi connectivity index (χ0v) is 19.3. The summed E-state index contributed by atoms with van der Waals surface area (Å²) in [6, 6.07) is 19.8. The van der Waals surface area contributed by atoms with E-state index < -0.39 is 22.0 Å². The van der Waals surface area contributed by atoms with Crippen LogP contribution in [0.3, 0.4) is 0 Å². The fourth-order valence-corrected chi connectivity index (χ4v) is 6.14. The van der Waals surface area contributed by atoms with Crippen molar-refractivity contribution in [1.82, 2.24) is 4.31 Å². The van der Waals surface area contributed by atoms with Gasteiger partial charge in [0.1, 0.15) is 5.75 Å². The first-order chi connectivity index (χ1) is 16.3. The number of anilines is 1. The van der Waals surface area contributed by atoms with Gasteiger partial charge in [-0.25, -0.2) is 8.42 Å². The monoisotopic (exact) mass is 479 g/mol. The number of hydrogen-bond acceptors (Lipinski definition) is 5. The Morgan fingerprint density at radius 2 is 1.59 bits per heavy atom. The van der Waals surface area contributed by atoms with Gasteiger partial charge in [0.25, 0.3) is 5.91 Å². The predicted octanol–water partition coefficient (Wildman–Crippen LogP) is 2.52. The van der Waals surface area contributed by atoms with E-state index in [4.69, 9.17) is 10.5 Å². The lowest BCUT2D eigenvalue weighted by molar-refractivity contribution is -0.126. The number of amides is 2. The molecule has 0 saturated carbocycles. The van der Waals surface area contributed by atoms with Crippen molar-refractivity contribution < 1.29 is 22.7 Å². The molecule has 0 bridgehead atoms. The number of primary amides is 1. The van der Waals surface area contributed by atoms with E-state index in [9.17, 15) is 18.0 Å². The van der Waals surface area contributed by atoms with Gasteiger partial charge in [0.15, 0.2) is 6.10 Å². The van der Waals surface area contributed by atoms with Crippen LogP contribution >= 0.6 is 0 Å². The minimum atomic E-state index is -3.67. The Balaban J connectivity index is 1.32. The summed E-state index contributed by atoms with van der Waals surface area (Å²) in [5.41, 5.74) is 6.04. The Kier molecular flexibility index (Phi) is 5.75. The summed E-state index contributed by atoms with van der Waals surface area (Å²) in [4.78, 5) is 27.0. The maximum atomic E-state index is 13.4. The van der Waals surface area contributed by atoms with E-state index in [1.807, 2.05) is 30.3 Å². The standard InChI is InChI=1S/C25H25N3O5S/c26-24(29)23-16-28(21-7-3-4-8-22(21)33-23)25(30)18-11-13-27(14-12-18)34(31,32)20-10-9-17-5-1-2-6-19(17)15-20/h1-10,15,18,23H,11-14,16H2,(H2,26,29)/t23-/m0/s1. The molecule has 176 valence electrons. The van der Waals surface area contributed by atoms with Gasteiger partial charge < -0.3 is 15.4 Å². The highest BCUT2D eigenvalue weighted by Gasteiger charge is 2.38. The molecule has 5 rings (SSSR count). The molecular formula is C25H25N3O5S. The molecule has 3 aromatic carbocycles. The molecule has 1 fully saturated rings. The number of piperidine rings is 1. The van der Waals surface area contributed by atoms with Gasteiger partial charge in [0, 0.05) is 19.0 Å². The Labute approximate surface area is 197 Å². The molecule has 8 nitrogen and oxygen atoms in total. The maximum absolute atomic E-state index is 13.4. The number of carbonyl (C=O) groups is 2. The van der Waals surface area contributed by atoms with Gasteiger partial charge in [0.05, 0.1) is 17.1 Å². The SMILES string of the molecule is NC(=O)[C@@H]1CN(C(=O)C2CCN(S(=O)(=O)c3ccc4ccccc4c3)CC2)c2ccccc2O1. The maximum Gasteiger partial charge on any atom is 0.260 e. The number of sulfonamides is 1. The molecule has 0 aromatic heterocycles. The highest BCUT2D eigenvalue weighted by atomic mass is 32.2. The van der Waals surface area contributed by atoms with Crippen molar-refractivity contribution in [1.29, 1.82) is 0 Å². The fraction of sp³-hybridized carbons (Fsp3) is 0.280. The third kappa shape index (κ3) is 4.01. The van der Waals surface area contributed by atoms with Crippen LogP contribution in [0, 0.1) is 5.92 Å². The first kappa shape index (κ1) is 22.4. The second-order valence-corrected chi connectivity index (χ2v) is 10.6. The summed E-state index contributed by atoms with van der Waals surface area (Å²) in [6.07, 6.45) is -0.133. The molecule has 0 aliphatic carbocycles. The van der Waals surface area contributed by atoms with Crippen molar-refractivity contribution in [2.24, 2.45) is 11.7 Å². The van der Waals surface area contributed by atoms with Gasteiger partial charge in [-0.05, 0) is 47.9 Å². The quantitative estimate of drug-likeness (QED) is 0.618. The number of fused-ring (bicyclic) bond motifs is 2. The van der Waals surface area contributed by atoms with E-state index in [1.165, 1.54) is 4.31 Å². The van der Waals surface area contributed by atoms with E-state index in [2.05, 4.69) is 0 Å². The van der Waals surface area contributed by atoms with Crippen LogP contribution < -0.4 is 15.4 Å². The zero-order chi connectivity index (χ0) is 23.9.